The van der Waals surface area contributed by atoms with E-state index in [1.165, 1.54) is 21.4 Å². The van der Waals surface area contributed by atoms with Gasteiger partial charge >= 0.3 is 0 Å². The average molecular weight is 499 g/mol. The highest BCUT2D eigenvalue weighted by Crippen LogP contribution is 2.37. The first kappa shape index (κ1) is 23.2. The molecule has 0 radical (unpaired) electrons. The maximum Gasteiger partial charge on any atom is 0.246 e. The van der Waals surface area contributed by atoms with Gasteiger partial charge in [-0.3, -0.25) is 0 Å². The third-order valence-corrected chi connectivity index (χ3v) is 7.71. The lowest BCUT2D eigenvalue weighted by Crippen LogP contribution is -2.41. The molecule has 4 aromatic rings. The van der Waals surface area contributed by atoms with E-state index in [0.29, 0.717) is 31.0 Å². The molecule has 184 valence electrons. The lowest BCUT2D eigenvalue weighted by molar-refractivity contribution is 0.238. The zero-order valence-corrected chi connectivity index (χ0v) is 20.3. The van der Waals surface area contributed by atoms with E-state index in [1.807, 2.05) is 31.2 Å². The van der Waals surface area contributed by atoms with E-state index in [9.17, 15) is 8.42 Å². The number of hydrogen-bond acceptors (Lipinski definition) is 9. The summed E-state index contributed by atoms with van der Waals surface area (Å²) in [6.07, 6.45) is 2.89. The molecule has 0 aliphatic carbocycles. The standard InChI is InChI=1S/C22H26N8O4S/c1-3-33-20-13-22(21(34-4-2)12-19(20)29-15-23-26-27-29)35(31,32)28-11-7-8-16(14-28)30-24-17-9-5-6-10-18(17)25-30/h5-6,9-10,12-13,15-16H,3-4,7-8,11,14H2,1-2H3/t16-/m1/s1. The van der Waals surface area contributed by atoms with Crippen molar-refractivity contribution in [2.45, 2.75) is 37.6 Å². The Hall–Kier alpha value is -3.58. The second-order valence-corrected chi connectivity index (χ2v) is 9.96. The minimum Gasteiger partial charge on any atom is -0.492 e. The Labute approximate surface area is 202 Å². The van der Waals surface area contributed by atoms with E-state index in [1.54, 1.807) is 17.8 Å². The number of tetrazole rings is 1. The highest BCUT2D eigenvalue weighted by atomic mass is 32.2. The monoisotopic (exact) mass is 498 g/mol. The first-order chi connectivity index (χ1) is 17.0. The molecular formula is C22H26N8O4S. The van der Waals surface area contributed by atoms with Gasteiger partial charge in [0.05, 0.1) is 19.3 Å². The molecule has 35 heavy (non-hydrogen) atoms. The van der Waals surface area contributed by atoms with Crippen molar-refractivity contribution in [1.29, 1.82) is 0 Å². The van der Waals surface area contributed by atoms with Gasteiger partial charge in [-0.05, 0) is 49.2 Å². The maximum atomic E-state index is 13.9. The predicted octanol–water partition coefficient (Wildman–Crippen LogP) is 2.23. The molecule has 0 saturated carbocycles. The lowest BCUT2D eigenvalue weighted by atomic mass is 10.1. The molecule has 1 fully saturated rings. The highest BCUT2D eigenvalue weighted by Gasteiger charge is 2.35. The average Bonchev–Trinajstić information content (AvgIpc) is 3.55. The van der Waals surface area contributed by atoms with Crippen LogP contribution in [-0.2, 0) is 10.0 Å². The van der Waals surface area contributed by atoms with Crippen LogP contribution >= 0.6 is 0 Å². The van der Waals surface area contributed by atoms with Gasteiger partial charge in [0, 0.05) is 25.2 Å². The molecule has 12 nitrogen and oxygen atoms in total. The van der Waals surface area contributed by atoms with Crippen LogP contribution in [0.2, 0.25) is 0 Å². The predicted molar refractivity (Wildman–Crippen MR) is 126 cm³/mol. The van der Waals surface area contributed by atoms with Crippen molar-refractivity contribution in [3.63, 3.8) is 0 Å². The quantitative estimate of drug-likeness (QED) is 0.359. The van der Waals surface area contributed by atoms with E-state index >= 15 is 0 Å². The number of benzene rings is 2. The third-order valence-electron chi connectivity index (χ3n) is 5.83. The molecule has 0 unspecified atom stereocenters. The number of sulfonamides is 1. The van der Waals surface area contributed by atoms with Crippen molar-refractivity contribution < 1.29 is 17.9 Å². The van der Waals surface area contributed by atoms with Gasteiger partial charge in [0.1, 0.15) is 39.4 Å². The Morgan fingerprint density at radius 1 is 1.03 bits per heavy atom. The first-order valence-electron chi connectivity index (χ1n) is 11.5. The zero-order chi connectivity index (χ0) is 24.4. The normalized spacial score (nSPS) is 17.0. The summed E-state index contributed by atoms with van der Waals surface area (Å²) >= 11 is 0. The Morgan fingerprint density at radius 3 is 2.40 bits per heavy atom. The Bertz CT molecular complexity index is 1390. The van der Waals surface area contributed by atoms with Gasteiger partial charge in [0.25, 0.3) is 0 Å². The van der Waals surface area contributed by atoms with Gasteiger partial charge in [0.2, 0.25) is 10.0 Å². The molecular weight excluding hydrogens is 472 g/mol. The van der Waals surface area contributed by atoms with Crippen molar-refractivity contribution in [2.75, 3.05) is 26.3 Å². The fourth-order valence-electron chi connectivity index (χ4n) is 4.23. The van der Waals surface area contributed by atoms with E-state index in [2.05, 4.69) is 25.7 Å². The molecule has 13 heteroatoms. The largest absolute Gasteiger partial charge is 0.492 e. The molecule has 1 aliphatic heterocycles. The summed E-state index contributed by atoms with van der Waals surface area (Å²) < 4.78 is 42.2. The summed E-state index contributed by atoms with van der Waals surface area (Å²) in [5.74, 6) is 0.557. The molecule has 5 rings (SSSR count). The maximum absolute atomic E-state index is 13.9. The molecule has 1 saturated heterocycles. The summed E-state index contributed by atoms with van der Waals surface area (Å²) in [5.41, 5.74) is 2.06. The van der Waals surface area contributed by atoms with Gasteiger partial charge in [-0.1, -0.05) is 12.1 Å². The molecule has 0 amide bonds. The SMILES string of the molecule is CCOc1cc(S(=O)(=O)N2CCC[C@@H](n3nc4ccccc4n3)C2)c(OCC)cc1-n1cnnn1. The molecule has 2 aromatic carbocycles. The van der Waals surface area contributed by atoms with Crippen LogP contribution in [0.5, 0.6) is 11.5 Å². The number of ether oxygens (including phenoxy) is 2. The minimum atomic E-state index is -3.91. The van der Waals surface area contributed by atoms with Crippen LogP contribution in [-0.4, -0.2) is 74.2 Å². The van der Waals surface area contributed by atoms with Crippen molar-refractivity contribution in [2.24, 2.45) is 0 Å². The van der Waals surface area contributed by atoms with E-state index in [-0.39, 0.29) is 29.8 Å². The Balaban J connectivity index is 1.51. The zero-order valence-electron chi connectivity index (χ0n) is 19.5. The number of hydrogen-bond donors (Lipinski definition) is 0. The second kappa shape index (κ2) is 9.58. The number of fused-ring (bicyclic) bond motifs is 1. The number of nitrogens with zero attached hydrogens (tertiary/aromatic N) is 8. The van der Waals surface area contributed by atoms with Gasteiger partial charge in [-0.25, -0.2) is 8.42 Å². The molecule has 0 N–H and O–H groups in total. The second-order valence-electron chi connectivity index (χ2n) is 8.06. The van der Waals surface area contributed by atoms with Crippen LogP contribution in [0, 0.1) is 0 Å². The Kier molecular flexibility index (Phi) is 6.34. The van der Waals surface area contributed by atoms with E-state index in [4.69, 9.17) is 9.47 Å². The summed E-state index contributed by atoms with van der Waals surface area (Å²) in [6, 6.07) is 10.5. The van der Waals surface area contributed by atoms with Crippen LogP contribution in [0.3, 0.4) is 0 Å². The summed E-state index contributed by atoms with van der Waals surface area (Å²) in [6.45, 7) is 4.90. The number of aromatic nitrogens is 7. The molecule has 1 atom stereocenters. The van der Waals surface area contributed by atoms with Gasteiger partial charge in [0.15, 0.2) is 0 Å². The van der Waals surface area contributed by atoms with Crippen LogP contribution in [0.1, 0.15) is 32.7 Å². The van der Waals surface area contributed by atoms with Crippen molar-refractivity contribution in [1.82, 2.24) is 39.5 Å². The van der Waals surface area contributed by atoms with Crippen molar-refractivity contribution in [3.05, 3.63) is 42.7 Å². The summed E-state index contributed by atoms with van der Waals surface area (Å²) in [5, 5.41) is 20.4. The summed E-state index contributed by atoms with van der Waals surface area (Å²) in [4.78, 5) is 1.68. The molecule has 2 aromatic heterocycles. The van der Waals surface area contributed by atoms with Gasteiger partial charge in [-0.15, -0.1) is 5.10 Å². The van der Waals surface area contributed by atoms with Crippen LogP contribution in [0.4, 0.5) is 0 Å². The molecule has 3 heterocycles. The summed E-state index contributed by atoms with van der Waals surface area (Å²) in [7, 11) is -3.91. The molecule has 0 spiro atoms. The van der Waals surface area contributed by atoms with Crippen LogP contribution < -0.4 is 9.47 Å². The van der Waals surface area contributed by atoms with Crippen molar-refractivity contribution >= 4 is 21.1 Å². The van der Waals surface area contributed by atoms with Gasteiger partial charge in [-0.2, -0.15) is 24.0 Å². The Morgan fingerprint density at radius 2 is 1.74 bits per heavy atom. The van der Waals surface area contributed by atoms with Crippen LogP contribution in [0.15, 0.2) is 47.6 Å². The smallest absolute Gasteiger partial charge is 0.246 e. The topological polar surface area (TPSA) is 130 Å². The minimum absolute atomic E-state index is 0.0406. The van der Waals surface area contributed by atoms with Crippen molar-refractivity contribution in [3.8, 4) is 17.2 Å². The highest BCUT2D eigenvalue weighted by molar-refractivity contribution is 7.89. The fourth-order valence-corrected chi connectivity index (χ4v) is 5.87. The number of piperidine rings is 1. The van der Waals surface area contributed by atoms with E-state index < -0.39 is 10.0 Å². The third kappa shape index (κ3) is 4.44. The van der Waals surface area contributed by atoms with Crippen LogP contribution in [0.25, 0.3) is 16.7 Å². The molecule has 1 aliphatic rings. The first-order valence-corrected chi connectivity index (χ1v) is 12.9. The molecule has 0 bridgehead atoms. The fraction of sp³-hybridized carbons (Fsp3) is 0.409. The number of rotatable bonds is 8. The lowest BCUT2D eigenvalue weighted by Gasteiger charge is -2.31. The van der Waals surface area contributed by atoms with Gasteiger partial charge < -0.3 is 9.47 Å². The van der Waals surface area contributed by atoms with E-state index in [0.717, 1.165) is 17.5 Å².